The molecule has 0 aromatic carbocycles. The molecule has 0 saturated heterocycles. The smallest absolute Gasteiger partial charge is 0.247 e. The Hall–Kier alpha value is -0.620. The second-order valence-corrected chi connectivity index (χ2v) is 1.23. The maximum Gasteiger partial charge on any atom is 0.247 e. The van der Waals surface area contributed by atoms with Gasteiger partial charge >= 0.3 is 0 Å². The van der Waals surface area contributed by atoms with Crippen LogP contribution in [0.15, 0.2) is 29.2 Å². The molecular weight excluding hydrogens is 121 g/mol. The van der Waals surface area contributed by atoms with Gasteiger partial charge in [0.15, 0.2) is 0 Å². The molecule has 0 amide bonds. The Bertz CT molecular complexity index is 178. The van der Waals surface area contributed by atoms with Crippen molar-refractivity contribution in [2.24, 2.45) is 0 Å². The molecule has 0 saturated carbocycles. The topological polar surface area (TPSA) is 32.9 Å². The fraction of sp³-hybridized carbons (Fsp3) is 0. The van der Waals surface area contributed by atoms with E-state index in [9.17, 15) is 4.79 Å². The lowest BCUT2D eigenvalue weighted by Gasteiger charge is -1.73. The van der Waals surface area contributed by atoms with Crippen LogP contribution in [0.2, 0.25) is 0 Å². The third kappa shape index (κ3) is 1.90. The minimum absolute atomic E-state index is 0. The van der Waals surface area contributed by atoms with Gasteiger partial charge in [-0.05, 0) is 6.07 Å². The largest absolute Gasteiger partial charge is 0.329 e. The highest BCUT2D eigenvalue weighted by Crippen LogP contribution is 1.67. The molecule has 1 aromatic rings. The molecule has 44 valence electrons. The highest BCUT2D eigenvalue weighted by molar-refractivity contribution is 6.92. The summed E-state index contributed by atoms with van der Waals surface area (Å²) in [6, 6.07) is 4.93. The van der Waals surface area contributed by atoms with Crippen LogP contribution in [0.5, 0.6) is 0 Å². The summed E-state index contributed by atoms with van der Waals surface area (Å²) in [4.78, 5) is 12.7. The molecule has 3 heteroatoms. The quantitative estimate of drug-likeness (QED) is 0.506. The summed E-state index contributed by atoms with van der Waals surface area (Å²) in [5.74, 6) is 0. The standard InChI is InChI=1S/C5H5NO.H3P/c7-5-3-1-2-4-6-5;/h1-4H,(H,6,7);1H3. The molecular formula is C5H8NOP. The average Bonchev–Trinajstić information content (AvgIpc) is 1.69. The molecule has 1 heterocycles. The second kappa shape index (κ2) is 3.39. The number of H-pyrrole nitrogens is 1. The zero-order valence-electron chi connectivity index (χ0n) is 4.42. The molecule has 2 nitrogen and oxygen atoms in total. The molecule has 0 bridgehead atoms. The predicted octanol–water partition coefficient (Wildman–Crippen LogP) is 0.433. The molecule has 1 aromatic heterocycles. The van der Waals surface area contributed by atoms with Crippen molar-refractivity contribution < 1.29 is 0 Å². The summed E-state index contributed by atoms with van der Waals surface area (Å²) in [7, 11) is 0. The van der Waals surface area contributed by atoms with Crippen LogP contribution >= 0.6 is 9.90 Å². The van der Waals surface area contributed by atoms with Crippen molar-refractivity contribution in [3.05, 3.63) is 34.7 Å². The van der Waals surface area contributed by atoms with E-state index >= 15 is 0 Å². The molecule has 0 radical (unpaired) electrons. The summed E-state index contributed by atoms with van der Waals surface area (Å²) in [5.41, 5.74) is -0.0532. The predicted molar refractivity (Wildman–Crippen MR) is 38.2 cm³/mol. The molecule has 0 aliphatic heterocycles. The van der Waals surface area contributed by atoms with Gasteiger partial charge in [0, 0.05) is 12.3 Å². The number of aromatic amines is 1. The van der Waals surface area contributed by atoms with Crippen LogP contribution in [-0.2, 0) is 0 Å². The van der Waals surface area contributed by atoms with Crippen LogP contribution in [0.25, 0.3) is 0 Å². The van der Waals surface area contributed by atoms with E-state index in [1.54, 1.807) is 18.3 Å². The molecule has 0 aliphatic rings. The molecule has 0 fully saturated rings. The van der Waals surface area contributed by atoms with Crippen molar-refractivity contribution >= 4 is 9.90 Å². The summed E-state index contributed by atoms with van der Waals surface area (Å²) >= 11 is 0. The minimum Gasteiger partial charge on any atom is -0.329 e. The zero-order chi connectivity index (χ0) is 5.11. The van der Waals surface area contributed by atoms with Gasteiger partial charge < -0.3 is 4.98 Å². The highest BCUT2D eigenvalue weighted by Gasteiger charge is 1.69. The van der Waals surface area contributed by atoms with Crippen LogP contribution < -0.4 is 5.56 Å². The number of hydrogen-bond donors (Lipinski definition) is 1. The van der Waals surface area contributed by atoms with Crippen molar-refractivity contribution in [2.75, 3.05) is 0 Å². The highest BCUT2D eigenvalue weighted by atomic mass is 31.0. The normalized spacial score (nSPS) is 7.50. The maximum absolute atomic E-state index is 10.2. The van der Waals surface area contributed by atoms with Crippen LogP contribution in [-0.4, -0.2) is 4.98 Å². The van der Waals surface area contributed by atoms with E-state index < -0.39 is 0 Å². The number of hydrogen-bond acceptors (Lipinski definition) is 1. The van der Waals surface area contributed by atoms with Crippen molar-refractivity contribution in [1.82, 2.24) is 4.98 Å². The van der Waals surface area contributed by atoms with Crippen molar-refractivity contribution in [3.63, 3.8) is 0 Å². The molecule has 1 N–H and O–H groups in total. The lowest BCUT2D eigenvalue weighted by molar-refractivity contribution is 1.24. The fourth-order valence-electron chi connectivity index (χ4n) is 0.377. The molecule has 1 unspecified atom stereocenters. The van der Waals surface area contributed by atoms with Gasteiger partial charge in [-0.15, -0.1) is 0 Å². The number of aromatic nitrogens is 1. The first-order valence-electron chi connectivity index (χ1n) is 2.03. The van der Waals surface area contributed by atoms with E-state index in [1.807, 2.05) is 0 Å². The van der Waals surface area contributed by atoms with Crippen LogP contribution in [0, 0.1) is 0 Å². The molecule has 0 aliphatic carbocycles. The molecule has 1 atom stereocenters. The molecule has 0 spiro atoms. The van der Waals surface area contributed by atoms with Crippen molar-refractivity contribution in [2.45, 2.75) is 0 Å². The van der Waals surface area contributed by atoms with E-state index in [-0.39, 0.29) is 15.5 Å². The van der Waals surface area contributed by atoms with Gasteiger partial charge in [0.05, 0.1) is 0 Å². The molecule has 1 rings (SSSR count). The van der Waals surface area contributed by atoms with Crippen molar-refractivity contribution in [3.8, 4) is 0 Å². The first-order chi connectivity index (χ1) is 3.39. The lowest BCUT2D eigenvalue weighted by Crippen LogP contribution is -1.98. The van der Waals surface area contributed by atoms with Gasteiger partial charge in [0.1, 0.15) is 0 Å². The summed E-state index contributed by atoms with van der Waals surface area (Å²) in [6.07, 6.45) is 1.60. The Morgan fingerprint density at radius 3 is 2.38 bits per heavy atom. The lowest BCUT2D eigenvalue weighted by atomic mass is 10.5. The summed E-state index contributed by atoms with van der Waals surface area (Å²) < 4.78 is 0. The van der Waals surface area contributed by atoms with Gasteiger partial charge in [-0.25, -0.2) is 0 Å². The number of pyridine rings is 1. The van der Waals surface area contributed by atoms with Gasteiger partial charge in [-0.1, -0.05) is 6.07 Å². The average molecular weight is 129 g/mol. The number of nitrogens with one attached hydrogen (secondary N) is 1. The van der Waals surface area contributed by atoms with E-state index in [2.05, 4.69) is 4.98 Å². The third-order valence-electron chi connectivity index (χ3n) is 0.681. The van der Waals surface area contributed by atoms with Gasteiger partial charge in [-0.2, -0.15) is 9.90 Å². The zero-order valence-corrected chi connectivity index (χ0v) is 5.84. The summed E-state index contributed by atoms with van der Waals surface area (Å²) in [5, 5.41) is 0. The van der Waals surface area contributed by atoms with E-state index in [1.165, 1.54) is 6.07 Å². The third-order valence-corrected chi connectivity index (χ3v) is 0.681. The van der Waals surface area contributed by atoms with Crippen LogP contribution in [0.3, 0.4) is 0 Å². The SMILES string of the molecule is O=c1cccc[nH]1.P. The van der Waals surface area contributed by atoms with Crippen LogP contribution in [0.1, 0.15) is 0 Å². The minimum atomic E-state index is -0.0532. The van der Waals surface area contributed by atoms with E-state index in [0.717, 1.165) is 0 Å². The Labute approximate surface area is 50.6 Å². The van der Waals surface area contributed by atoms with Gasteiger partial charge in [0.2, 0.25) is 5.56 Å². The Balaban J connectivity index is 0.000000490. The molecule has 8 heavy (non-hydrogen) atoms. The van der Waals surface area contributed by atoms with Gasteiger partial charge in [0.25, 0.3) is 0 Å². The fourth-order valence-corrected chi connectivity index (χ4v) is 0.377. The Kier molecular flexibility index (Phi) is 3.13. The second-order valence-electron chi connectivity index (χ2n) is 1.23. The Morgan fingerprint density at radius 2 is 2.12 bits per heavy atom. The monoisotopic (exact) mass is 129 g/mol. The van der Waals surface area contributed by atoms with Crippen molar-refractivity contribution in [1.29, 1.82) is 0 Å². The first-order valence-corrected chi connectivity index (χ1v) is 2.03. The van der Waals surface area contributed by atoms with E-state index in [4.69, 9.17) is 0 Å². The van der Waals surface area contributed by atoms with Crippen LogP contribution in [0.4, 0.5) is 0 Å². The summed E-state index contributed by atoms with van der Waals surface area (Å²) in [6.45, 7) is 0. The van der Waals surface area contributed by atoms with Gasteiger partial charge in [-0.3, -0.25) is 4.79 Å². The first kappa shape index (κ1) is 7.38. The maximum atomic E-state index is 10.2. The van der Waals surface area contributed by atoms with E-state index in [0.29, 0.717) is 0 Å². The Morgan fingerprint density at radius 1 is 1.38 bits per heavy atom. The number of rotatable bonds is 0.